The zero-order chi connectivity index (χ0) is 39.7. The quantitative estimate of drug-likeness (QED) is 0.123. The molecule has 5 aromatic carbocycles. The Hall–Kier alpha value is -3.44. The summed E-state index contributed by atoms with van der Waals surface area (Å²) in [5, 5.41) is 5.48. The van der Waals surface area contributed by atoms with Crippen molar-refractivity contribution in [3.8, 4) is 0 Å². The van der Waals surface area contributed by atoms with Crippen LogP contribution in [0.1, 0.15) is 103 Å². The number of rotatable bonds is 2. The standard InChI is InChI=1S/C21H25.C15H8F6.C10H15.Zr/c1-20(2,3)16-7-9-18-14(12-16)11-15-13-17(21(4,5)6)8-10-19(15)18;16-14(17,18)12-5-1-3-10(8-12)7-11-4-2-6-13(9-11)15(19,20)21;1-8-5-6-9(7-8)10(2,3)4;/h7-13H,1-6H3;1-6,8-9H;6-8H,1-4H3;/q-1;;-1;+2. The number of allylic oxidation sites excluding steroid dienone is 4. The van der Waals surface area contributed by atoms with Gasteiger partial charge >= 0.3 is 137 Å². The van der Waals surface area contributed by atoms with Crippen molar-refractivity contribution >= 4 is 24.8 Å². The first-order valence-corrected chi connectivity index (χ1v) is 18.9. The summed E-state index contributed by atoms with van der Waals surface area (Å²) in [5.41, 5.74) is 3.83. The summed E-state index contributed by atoms with van der Waals surface area (Å²) < 4.78 is 76.7. The zero-order valence-corrected chi connectivity index (χ0v) is 34.6. The van der Waals surface area contributed by atoms with Crippen LogP contribution in [0.25, 0.3) is 21.5 Å². The molecule has 0 fully saturated rings. The molecule has 1 aliphatic carbocycles. The second-order valence-electron chi connectivity index (χ2n) is 16.8. The van der Waals surface area contributed by atoms with Crippen LogP contribution < -0.4 is 0 Å². The fourth-order valence-corrected chi connectivity index (χ4v) is 6.64. The molecular formula is C46H48F6Zr. The second kappa shape index (κ2) is 15.7. The van der Waals surface area contributed by atoms with Crippen LogP contribution >= 0.6 is 0 Å². The SMILES string of the molecule is CC(C)(C)c1ccc2c(c1)[cH-]c1cc(C(C)(C)C)ccc12.CC1[C-]=CC(C(C)(C)C)=C1.FC(F)(F)c1cccc([C](=[Zr+2])c2cccc(C(F)(F)F)c2)c1. The fourth-order valence-electron chi connectivity index (χ4n) is 5.88. The van der Waals surface area contributed by atoms with Gasteiger partial charge in [-0.3, -0.25) is 6.08 Å². The van der Waals surface area contributed by atoms with Crippen molar-refractivity contribution in [1.82, 2.24) is 0 Å². The molecule has 0 aromatic heterocycles. The molecule has 1 unspecified atom stereocenters. The minimum atomic E-state index is -4.49. The average Bonchev–Trinajstić information content (AvgIpc) is 3.66. The molecule has 0 aliphatic heterocycles. The summed E-state index contributed by atoms with van der Waals surface area (Å²) in [6.45, 7) is 22.5. The van der Waals surface area contributed by atoms with E-state index in [1.165, 1.54) is 62.5 Å². The second-order valence-corrected chi connectivity index (χ2v) is 18.0. The van der Waals surface area contributed by atoms with Crippen LogP contribution in [0.3, 0.4) is 0 Å². The predicted octanol–water partition coefficient (Wildman–Crippen LogP) is 14.1. The molecular weight excluding hydrogens is 758 g/mol. The van der Waals surface area contributed by atoms with Gasteiger partial charge in [0.25, 0.3) is 0 Å². The molecule has 0 saturated heterocycles. The van der Waals surface area contributed by atoms with Gasteiger partial charge in [0.1, 0.15) is 0 Å². The Bertz CT molecular complexity index is 2010. The Morgan fingerprint density at radius 2 is 0.981 bits per heavy atom. The molecule has 0 radical (unpaired) electrons. The third kappa shape index (κ3) is 11.1. The molecule has 7 heteroatoms. The number of hydrogen-bond donors (Lipinski definition) is 0. The van der Waals surface area contributed by atoms with Crippen molar-refractivity contribution in [2.24, 2.45) is 11.3 Å². The fraction of sp³-hybridized carbons (Fsp3) is 0.348. The van der Waals surface area contributed by atoms with E-state index in [4.69, 9.17) is 0 Å². The first-order chi connectivity index (χ1) is 24.2. The van der Waals surface area contributed by atoms with Crippen molar-refractivity contribution < 1.29 is 50.6 Å². The Labute approximate surface area is 325 Å². The van der Waals surface area contributed by atoms with Crippen molar-refractivity contribution in [1.29, 1.82) is 0 Å². The zero-order valence-electron chi connectivity index (χ0n) is 32.2. The number of hydrogen-bond acceptors (Lipinski definition) is 0. The molecule has 0 saturated carbocycles. The third-order valence-electron chi connectivity index (χ3n) is 9.19. The van der Waals surface area contributed by atoms with Gasteiger partial charge in [-0.25, -0.2) is 6.08 Å². The van der Waals surface area contributed by atoms with Gasteiger partial charge in [-0.2, -0.15) is 11.6 Å². The molecule has 1 atom stereocenters. The normalized spacial score (nSPS) is 15.1. The van der Waals surface area contributed by atoms with E-state index in [1.54, 1.807) is 0 Å². The van der Waals surface area contributed by atoms with Crippen molar-refractivity contribution in [2.45, 2.75) is 92.4 Å². The Morgan fingerprint density at radius 3 is 1.28 bits per heavy atom. The number of halogens is 6. The van der Waals surface area contributed by atoms with Gasteiger partial charge in [0.05, 0.1) is 0 Å². The van der Waals surface area contributed by atoms with E-state index in [-0.39, 0.29) is 22.0 Å². The van der Waals surface area contributed by atoms with Crippen molar-refractivity contribution in [2.75, 3.05) is 0 Å². The number of benzene rings is 4. The Morgan fingerprint density at radius 1 is 0.566 bits per heavy atom. The van der Waals surface area contributed by atoms with Crippen LogP contribution in [0, 0.1) is 17.4 Å². The number of alkyl halides is 6. The van der Waals surface area contributed by atoms with Gasteiger partial charge in [-0.05, 0) is 10.8 Å². The maximum absolute atomic E-state index is 12.7. The van der Waals surface area contributed by atoms with Crippen molar-refractivity contribution in [3.05, 3.63) is 148 Å². The van der Waals surface area contributed by atoms with Gasteiger partial charge < -0.3 is 0 Å². The monoisotopic (exact) mass is 804 g/mol. The van der Waals surface area contributed by atoms with E-state index in [9.17, 15) is 26.3 Å². The summed E-state index contributed by atoms with van der Waals surface area (Å²) in [5.74, 6) is 0.522. The first kappa shape index (κ1) is 42.3. The summed E-state index contributed by atoms with van der Waals surface area (Å²) in [6.07, 6.45) is -1.32. The van der Waals surface area contributed by atoms with Crippen LogP contribution in [-0.2, 0) is 47.4 Å². The third-order valence-corrected chi connectivity index (χ3v) is 10.6. The molecule has 0 amide bonds. The summed E-state index contributed by atoms with van der Waals surface area (Å²) in [6, 6.07) is 25.3. The topological polar surface area (TPSA) is 0 Å². The predicted molar refractivity (Wildman–Crippen MR) is 205 cm³/mol. The van der Waals surface area contributed by atoms with Gasteiger partial charge in [0.2, 0.25) is 0 Å². The summed E-state index contributed by atoms with van der Waals surface area (Å²) in [7, 11) is 0. The molecule has 0 heterocycles. The molecule has 1 aliphatic rings. The molecule has 6 rings (SSSR count). The van der Waals surface area contributed by atoms with Crippen LogP contribution in [0.2, 0.25) is 0 Å². The Balaban J connectivity index is 0.000000190. The molecule has 0 N–H and O–H groups in total. The average molecular weight is 806 g/mol. The molecule has 53 heavy (non-hydrogen) atoms. The van der Waals surface area contributed by atoms with Crippen LogP contribution in [-0.4, -0.2) is 3.21 Å². The van der Waals surface area contributed by atoms with Crippen LogP contribution in [0.5, 0.6) is 0 Å². The van der Waals surface area contributed by atoms with E-state index < -0.39 is 23.5 Å². The number of fused-ring (bicyclic) bond motifs is 3. The van der Waals surface area contributed by atoms with E-state index in [0.717, 1.165) is 48.5 Å². The summed E-state index contributed by atoms with van der Waals surface area (Å²) in [4.78, 5) is 0. The minimum absolute atomic E-state index is 0.203. The van der Waals surface area contributed by atoms with E-state index in [0.29, 0.717) is 14.5 Å². The van der Waals surface area contributed by atoms with Gasteiger partial charge in [-0.15, -0.1) is 39.7 Å². The molecule has 5 aromatic rings. The summed E-state index contributed by atoms with van der Waals surface area (Å²) >= 11 is 0.729. The first-order valence-electron chi connectivity index (χ1n) is 17.6. The van der Waals surface area contributed by atoms with Gasteiger partial charge in [-0.1, -0.05) is 116 Å². The van der Waals surface area contributed by atoms with Crippen LogP contribution in [0.15, 0.2) is 109 Å². The van der Waals surface area contributed by atoms with E-state index >= 15 is 0 Å². The molecule has 0 nitrogen and oxygen atoms in total. The molecule has 0 bridgehead atoms. The van der Waals surface area contributed by atoms with E-state index in [1.807, 2.05) is 0 Å². The maximum atomic E-state index is 12.7. The van der Waals surface area contributed by atoms with Gasteiger partial charge in [0, 0.05) is 0 Å². The van der Waals surface area contributed by atoms with Crippen molar-refractivity contribution in [3.63, 3.8) is 0 Å². The molecule has 278 valence electrons. The molecule has 0 spiro atoms. The van der Waals surface area contributed by atoms with Gasteiger partial charge in [0.15, 0.2) is 0 Å². The Kier molecular flexibility index (Phi) is 12.6. The van der Waals surface area contributed by atoms with E-state index in [2.05, 4.69) is 130 Å². The van der Waals surface area contributed by atoms with Crippen LogP contribution in [0.4, 0.5) is 26.3 Å².